The second-order valence-electron chi connectivity index (χ2n) is 7.68. The summed E-state index contributed by atoms with van der Waals surface area (Å²) in [6.45, 7) is 5.10. The lowest BCUT2D eigenvalue weighted by Crippen LogP contribution is -2.60. The van der Waals surface area contributed by atoms with Gasteiger partial charge >= 0.3 is 5.97 Å². The van der Waals surface area contributed by atoms with Gasteiger partial charge in [-0.3, -0.25) is 19.2 Å². The molecule has 0 aliphatic carbocycles. The van der Waals surface area contributed by atoms with Crippen LogP contribution in [0.3, 0.4) is 0 Å². The quantitative estimate of drug-likeness (QED) is 0.182. The number of carbonyl (C=O) groups excluding carboxylic acids is 4. The molecule has 5 atom stereocenters. The van der Waals surface area contributed by atoms with Crippen LogP contribution in [0, 0.1) is 5.92 Å². The van der Waals surface area contributed by atoms with Crippen molar-refractivity contribution in [2.45, 2.75) is 70.3 Å². The Bertz CT molecular complexity index is 661. The molecule has 170 valence electrons. The van der Waals surface area contributed by atoms with Crippen molar-refractivity contribution in [2.24, 2.45) is 11.7 Å². The molecule has 0 aromatic heterocycles. The summed E-state index contributed by atoms with van der Waals surface area (Å²) in [4.78, 5) is 60.1. The number of aliphatic hydroxyl groups is 1. The lowest BCUT2D eigenvalue weighted by Gasteiger charge is -2.26. The first-order valence-electron chi connectivity index (χ1n) is 9.77. The first kappa shape index (κ1) is 25.3. The Morgan fingerprint density at radius 3 is 2.10 bits per heavy atom. The number of hydrogen-bond donors (Lipinski definition) is 7. The average Bonchev–Trinajstić information content (AvgIpc) is 3.16. The first-order valence-corrected chi connectivity index (χ1v) is 9.77. The summed E-state index contributed by atoms with van der Waals surface area (Å²) in [6, 6.07) is -4.60. The predicted octanol–water partition coefficient (Wildman–Crippen LogP) is -2.81. The normalized spacial score (nSPS) is 20.0. The van der Waals surface area contributed by atoms with Crippen molar-refractivity contribution < 1.29 is 34.2 Å². The number of carboxylic acids is 1. The maximum absolute atomic E-state index is 12.6. The van der Waals surface area contributed by atoms with Crippen molar-refractivity contribution >= 4 is 29.6 Å². The van der Waals surface area contributed by atoms with Gasteiger partial charge in [-0.05, 0) is 32.2 Å². The van der Waals surface area contributed by atoms with Crippen LogP contribution >= 0.6 is 0 Å². The van der Waals surface area contributed by atoms with E-state index in [-0.39, 0.29) is 0 Å². The highest BCUT2D eigenvalue weighted by atomic mass is 16.4. The van der Waals surface area contributed by atoms with Crippen LogP contribution in [0.1, 0.15) is 40.0 Å². The van der Waals surface area contributed by atoms with E-state index in [0.29, 0.717) is 13.0 Å². The van der Waals surface area contributed by atoms with E-state index in [1.807, 2.05) is 0 Å². The number of rotatable bonds is 11. The van der Waals surface area contributed by atoms with Crippen LogP contribution in [-0.2, 0) is 24.0 Å². The van der Waals surface area contributed by atoms with Gasteiger partial charge in [0.25, 0.3) is 0 Å². The second-order valence-corrected chi connectivity index (χ2v) is 7.68. The highest BCUT2D eigenvalue weighted by molar-refractivity contribution is 5.96. The van der Waals surface area contributed by atoms with E-state index < -0.39 is 72.2 Å². The molecule has 0 aromatic rings. The summed E-state index contributed by atoms with van der Waals surface area (Å²) < 4.78 is 0. The van der Waals surface area contributed by atoms with Crippen molar-refractivity contribution in [3.8, 4) is 0 Å². The molecule has 30 heavy (non-hydrogen) atoms. The summed E-state index contributed by atoms with van der Waals surface area (Å²) in [6.07, 6.45) is -0.508. The molecule has 1 heterocycles. The Morgan fingerprint density at radius 2 is 1.67 bits per heavy atom. The third-order valence-corrected chi connectivity index (χ3v) is 4.71. The predicted molar refractivity (Wildman–Crippen MR) is 105 cm³/mol. The van der Waals surface area contributed by atoms with Gasteiger partial charge in [-0.15, -0.1) is 0 Å². The Hall–Kier alpha value is -2.73. The molecule has 0 bridgehead atoms. The molecule has 1 rings (SSSR count). The van der Waals surface area contributed by atoms with Gasteiger partial charge in [0, 0.05) is 0 Å². The number of aliphatic carboxylic acids is 1. The Kier molecular flexibility index (Phi) is 9.66. The zero-order valence-corrected chi connectivity index (χ0v) is 17.3. The molecular weight excluding hydrogens is 398 g/mol. The molecule has 12 nitrogen and oxygen atoms in total. The maximum Gasteiger partial charge on any atom is 0.326 e. The van der Waals surface area contributed by atoms with Crippen LogP contribution in [0.4, 0.5) is 0 Å². The molecule has 1 saturated heterocycles. The van der Waals surface area contributed by atoms with Gasteiger partial charge in [-0.1, -0.05) is 13.8 Å². The Labute approximate surface area is 174 Å². The van der Waals surface area contributed by atoms with Crippen LogP contribution < -0.4 is 27.0 Å². The fourth-order valence-electron chi connectivity index (χ4n) is 3.01. The van der Waals surface area contributed by atoms with Gasteiger partial charge < -0.3 is 37.2 Å². The Balaban J connectivity index is 2.90. The largest absolute Gasteiger partial charge is 0.480 e. The molecule has 4 amide bonds. The summed E-state index contributed by atoms with van der Waals surface area (Å²) in [5.74, 6) is -4.94. The van der Waals surface area contributed by atoms with Gasteiger partial charge in [-0.25, -0.2) is 4.79 Å². The van der Waals surface area contributed by atoms with Gasteiger partial charge in [0.2, 0.25) is 23.6 Å². The molecule has 0 aromatic carbocycles. The summed E-state index contributed by atoms with van der Waals surface area (Å²) in [5.41, 5.74) is 5.14. The molecule has 1 fully saturated rings. The third-order valence-electron chi connectivity index (χ3n) is 4.71. The fraction of sp³-hybridized carbons (Fsp3) is 0.722. The minimum absolute atomic E-state index is 0.459. The van der Waals surface area contributed by atoms with Crippen molar-refractivity contribution in [2.75, 3.05) is 6.54 Å². The first-order chi connectivity index (χ1) is 13.9. The van der Waals surface area contributed by atoms with Crippen LogP contribution in [-0.4, -0.2) is 76.6 Å². The van der Waals surface area contributed by atoms with Crippen molar-refractivity contribution in [1.29, 1.82) is 0 Å². The van der Waals surface area contributed by atoms with Crippen LogP contribution in [0.2, 0.25) is 0 Å². The van der Waals surface area contributed by atoms with E-state index in [0.717, 1.165) is 6.42 Å². The smallest absolute Gasteiger partial charge is 0.326 e. The summed E-state index contributed by atoms with van der Waals surface area (Å²) in [7, 11) is 0. The molecular formula is C18H31N5O7. The van der Waals surface area contributed by atoms with E-state index in [9.17, 15) is 34.2 Å². The van der Waals surface area contributed by atoms with E-state index in [1.165, 1.54) is 6.92 Å². The van der Waals surface area contributed by atoms with E-state index >= 15 is 0 Å². The van der Waals surface area contributed by atoms with Crippen LogP contribution in [0.5, 0.6) is 0 Å². The molecule has 0 spiro atoms. The minimum Gasteiger partial charge on any atom is -0.480 e. The van der Waals surface area contributed by atoms with Crippen LogP contribution in [0.15, 0.2) is 0 Å². The monoisotopic (exact) mass is 429 g/mol. The van der Waals surface area contributed by atoms with E-state index in [4.69, 9.17) is 5.73 Å². The number of nitrogens with one attached hydrogen (secondary N) is 4. The number of nitrogens with two attached hydrogens (primary N) is 1. The van der Waals surface area contributed by atoms with Crippen molar-refractivity contribution in [3.63, 3.8) is 0 Å². The fourth-order valence-corrected chi connectivity index (χ4v) is 3.01. The standard InChI is InChI=1S/C18H31N5O7/c1-8(2)13(18(29)30)22-16(27)11(7-12(19)25)21-17(28)14(9(3)24)23-15(26)10-5-4-6-20-10/h8-11,13-14,20,24H,4-7H2,1-3H3,(H2,19,25)(H,21,28)(H,22,27)(H,23,26)(H,29,30). The Morgan fingerprint density at radius 1 is 1.03 bits per heavy atom. The van der Waals surface area contributed by atoms with Crippen molar-refractivity contribution in [3.05, 3.63) is 0 Å². The van der Waals surface area contributed by atoms with Gasteiger partial charge in [0.05, 0.1) is 18.6 Å². The van der Waals surface area contributed by atoms with Crippen LogP contribution in [0.25, 0.3) is 0 Å². The SMILES string of the molecule is CC(C)C(NC(=O)C(CC(N)=O)NC(=O)C(NC(=O)C1CCCN1)C(C)O)C(=O)O. The zero-order valence-electron chi connectivity index (χ0n) is 17.3. The van der Waals surface area contributed by atoms with E-state index in [2.05, 4.69) is 21.3 Å². The highest BCUT2D eigenvalue weighted by Gasteiger charge is 2.34. The van der Waals surface area contributed by atoms with Gasteiger partial charge in [0.15, 0.2) is 0 Å². The lowest BCUT2D eigenvalue weighted by molar-refractivity contribution is -0.143. The highest BCUT2D eigenvalue weighted by Crippen LogP contribution is 2.07. The zero-order chi connectivity index (χ0) is 23.0. The van der Waals surface area contributed by atoms with E-state index in [1.54, 1.807) is 13.8 Å². The molecule has 1 aliphatic rings. The molecule has 1 aliphatic heterocycles. The number of carboxylic acid groups (broad SMARTS) is 1. The molecule has 0 radical (unpaired) electrons. The maximum atomic E-state index is 12.6. The average molecular weight is 429 g/mol. The molecule has 12 heteroatoms. The topological polar surface area (TPSA) is 200 Å². The van der Waals surface area contributed by atoms with Gasteiger partial charge in [0.1, 0.15) is 18.1 Å². The number of aliphatic hydroxyl groups excluding tert-OH is 1. The number of hydrogen-bond acceptors (Lipinski definition) is 7. The van der Waals surface area contributed by atoms with Crippen molar-refractivity contribution in [1.82, 2.24) is 21.3 Å². The van der Waals surface area contributed by atoms with Gasteiger partial charge in [-0.2, -0.15) is 0 Å². The second kappa shape index (κ2) is 11.5. The summed E-state index contributed by atoms with van der Waals surface area (Å²) in [5, 5.41) is 29.1. The summed E-state index contributed by atoms with van der Waals surface area (Å²) >= 11 is 0. The molecule has 8 N–H and O–H groups in total. The number of primary amides is 1. The number of carbonyl (C=O) groups is 5. The third kappa shape index (κ3) is 7.59. The lowest BCUT2D eigenvalue weighted by atomic mass is 10.0. The number of amides is 4. The molecule has 0 saturated carbocycles. The minimum atomic E-state index is -1.47. The molecule has 5 unspecified atom stereocenters.